The lowest BCUT2D eigenvalue weighted by molar-refractivity contribution is -0.137. The van der Waals surface area contributed by atoms with Gasteiger partial charge in [0.2, 0.25) is 0 Å². The number of carbonyl (C=O) groups is 1. The van der Waals surface area contributed by atoms with Crippen LogP contribution in [0.3, 0.4) is 0 Å². The van der Waals surface area contributed by atoms with Gasteiger partial charge < -0.3 is 14.8 Å². The third-order valence-corrected chi connectivity index (χ3v) is 3.68. The third kappa shape index (κ3) is 6.09. The Labute approximate surface area is 118 Å². The Bertz CT molecular complexity index is 410. The lowest BCUT2D eigenvalue weighted by Crippen LogP contribution is -2.19. The molecule has 1 aromatic rings. The molecule has 4 nitrogen and oxygen atoms in total. The maximum atomic E-state index is 11.2. The van der Waals surface area contributed by atoms with Crippen LogP contribution >= 0.6 is 11.8 Å². The zero-order valence-corrected chi connectivity index (χ0v) is 12.5. The maximum absolute atomic E-state index is 11.2. The molecule has 0 unspecified atom stereocenters. The first-order valence-electron chi connectivity index (χ1n) is 6.16. The van der Waals surface area contributed by atoms with Gasteiger partial charge in [0.15, 0.2) is 0 Å². The average Bonchev–Trinajstić information content (AvgIpc) is 2.42. The van der Waals surface area contributed by atoms with Gasteiger partial charge in [-0.2, -0.15) is 0 Å². The van der Waals surface area contributed by atoms with Crippen molar-refractivity contribution < 1.29 is 14.3 Å². The number of benzene rings is 1. The van der Waals surface area contributed by atoms with Gasteiger partial charge in [-0.1, -0.05) is 17.7 Å². The molecule has 1 aromatic carbocycles. The minimum absolute atomic E-state index is 0.205. The molecule has 0 aromatic heterocycles. The Balaban J connectivity index is 2.60. The van der Waals surface area contributed by atoms with Crippen molar-refractivity contribution in [1.29, 1.82) is 0 Å². The Morgan fingerprint density at radius 1 is 1.37 bits per heavy atom. The summed E-state index contributed by atoms with van der Waals surface area (Å²) < 4.78 is 9.66. The van der Waals surface area contributed by atoms with Crippen LogP contribution in [0.5, 0.6) is 0 Å². The largest absolute Gasteiger partial charge is 0.468 e. The van der Waals surface area contributed by atoms with Gasteiger partial charge in [0.1, 0.15) is 0 Å². The van der Waals surface area contributed by atoms with Gasteiger partial charge in [-0.15, -0.1) is 11.8 Å². The van der Waals surface area contributed by atoms with E-state index in [0.29, 0.717) is 12.4 Å². The second-order valence-corrected chi connectivity index (χ2v) is 5.16. The van der Waals surface area contributed by atoms with Crippen LogP contribution < -0.4 is 5.32 Å². The summed E-state index contributed by atoms with van der Waals surface area (Å²) in [5, 5.41) is 3.32. The fraction of sp³-hybridized carbons (Fsp3) is 0.500. The maximum Gasteiger partial charge on any atom is 0.315 e. The zero-order chi connectivity index (χ0) is 14.1. The monoisotopic (exact) mass is 283 g/mol. The lowest BCUT2D eigenvalue weighted by atomic mass is 10.1. The van der Waals surface area contributed by atoms with Crippen molar-refractivity contribution in [3.63, 3.8) is 0 Å². The van der Waals surface area contributed by atoms with Crippen LogP contribution in [0, 0.1) is 6.92 Å². The van der Waals surface area contributed by atoms with Gasteiger partial charge >= 0.3 is 5.97 Å². The molecule has 0 saturated carbocycles. The number of thioether (sulfide) groups is 1. The lowest BCUT2D eigenvalue weighted by Gasteiger charge is -2.11. The van der Waals surface area contributed by atoms with E-state index < -0.39 is 0 Å². The highest BCUT2D eigenvalue weighted by Crippen LogP contribution is 2.24. The highest BCUT2D eigenvalue weighted by Gasteiger charge is 2.07. The van der Waals surface area contributed by atoms with Crippen molar-refractivity contribution >= 4 is 17.7 Å². The van der Waals surface area contributed by atoms with E-state index in [1.54, 1.807) is 7.11 Å². The van der Waals surface area contributed by atoms with Crippen molar-refractivity contribution in [1.82, 2.24) is 5.32 Å². The standard InChI is InChI=1S/C14H21NO3S/c1-11-4-5-13(19-10-14(16)18-3)12(8-11)9-15-6-7-17-2/h4-5,8,15H,6-7,9-10H2,1-3H3. The van der Waals surface area contributed by atoms with Crippen LogP contribution in [0.15, 0.2) is 23.1 Å². The van der Waals surface area contributed by atoms with E-state index >= 15 is 0 Å². The molecule has 0 saturated heterocycles. The molecule has 1 N–H and O–H groups in total. The number of esters is 1. The second-order valence-electron chi connectivity index (χ2n) is 4.15. The minimum atomic E-state index is -0.205. The molecule has 0 spiro atoms. The van der Waals surface area contributed by atoms with Gasteiger partial charge in [-0.05, 0) is 18.6 Å². The zero-order valence-electron chi connectivity index (χ0n) is 11.7. The molecular formula is C14H21NO3S. The molecule has 0 bridgehead atoms. The Morgan fingerprint density at radius 2 is 2.16 bits per heavy atom. The summed E-state index contributed by atoms with van der Waals surface area (Å²) in [6.07, 6.45) is 0. The van der Waals surface area contributed by atoms with E-state index in [-0.39, 0.29) is 5.97 Å². The number of aryl methyl sites for hydroxylation is 1. The number of rotatable bonds is 8. The second kappa shape index (κ2) is 8.96. The molecule has 0 aliphatic heterocycles. The first kappa shape index (κ1) is 16.0. The first-order valence-corrected chi connectivity index (χ1v) is 7.14. The summed E-state index contributed by atoms with van der Waals surface area (Å²) >= 11 is 1.51. The topological polar surface area (TPSA) is 47.6 Å². The average molecular weight is 283 g/mol. The highest BCUT2D eigenvalue weighted by molar-refractivity contribution is 8.00. The van der Waals surface area contributed by atoms with E-state index in [0.717, 1.165) is 18.0 Å². The Morgan fingerprint density at radius 3 is 2.84 bits per heavy atom. The molecule has 0 atom stereocenters. The van der Waals surface area contributed by atoms with Crippen molar-refractivity contribution in [3.8, 4) is 0 Å². The summed E-state index contributed by atoms with van der Waals surface area (Å²) in [5.41, 5.74) is 2.41. The molecule has 5 heteroatoms. The van der Waals surface area contributed by atoms with Crippen LogP contribution in [0.4, 0.5) is 0 Å². The predicted octanol–water partition coefficient (Wildman–Crippen LogP) is 2.00. The van der Waals surface area contributed by atoms with Crippen LogP contribution in [0.2, 0.25) is 0 Å². The van der Waals surface area contributed by atoms with Gasteiger partial charge in [0.25, 0.3) is 0 Å². The smallest absolute Gasteiger partial charge is 0.315 e. The van der Waals surface area contributed by atoms with E-state index in [1.165, 1.54) is 30.0 Å². The van der Waals surface area contributed by atoms with Crippen molar-refractivity contribution in [2.45, 2.75) is 18.4 Å². The quantitative estimate of drug-likeness (QED) is 0.449. The normalized spacial score (nSPS) is 10.5. The highest BCUT2D eigenvalue weighted by atomic mass is 32.2. The molecule has 0 radical (unpaired) electrons. The molecular weight excluding hydrogens is 262 g/mol. The molecule has 0 aliphatic carbocycles. The van der Waals surface area contributed by atoms with Gasteiger partial charge in [0.05, 0.1) is 19.5 Å². The van der Waals surface area contributed by atoms with Gasteiger partial charge in [-0.3, -0.25) is 4.79 Å². The SMILES string of the molecule is COCCNCc1cc(C)ccc1SCC(=O)OC. The Hall–Kier alpha value is -1.04. The molecule has 0 heterocycles. The molecule has 0 fully saturated rings. The number of hydrogen-bond donors (Lipinski definition) is 1. The number of carbonyl (C=O) groups excluding carboxylic acids is 1. The summed E-state index contributed by atoms with van der Waals surface area (Å²) in [6.45, 7) is 4.34. The van der Waals surface area contributed by atoms with Crippen molar-refractivity contribution in [2.75, 3.05) is 33.1 Å². The molecule has 19 heavy (non-hydrogen) atoms. The van der Waals surface area contributed by atoms with Crippen molar-refractivity contribution in [3.05, 3.63) is 29.3 Å². The molecule has 106 valence electrons. The third-order valence-electron chi connectivity index (χ3n) is 2.59. The van der Waals surface area contributed by atoms with E-state index in [9.17, 15) is 4.79 Å². The summed E-state index contributed by atoms with van der Waals surface area (Å²) in [6, 6.07) is 6.24. The molecule has 0 amide bonds. The number of nitrogens with one attached hydrogen (secondary N) is 1. The summed E-state index contributed by atoms with van der Waals surface area (Å²) in [5.74, 6) is 0.133. The number of ether oxygens (including phenoxy) is 2. The van der Waals surface area contributed by atoms with Gasteiger partial charge in [-0.25, -0.2) is 0 Å². The van der Waals surface area contributed by atoms with E-state index in [4.69, 9.17) is 4.74 Å². The fourth-order valence-electron chi connectivity index (χ4n) is 1.58. The summed E-state index contributed by atoms with van der Waals surface area (Å²) in [7, 11) is 3.09. The fourth-order valence-corrected chi connectivity index (χ4v) is 2.45. The number of hydrogen-bond acceptors (Lipinski definition) is 5. The van der Waals surface area contributed by atoms with Crippen LogP contribution in [0.1, 0.15) is 11.1 Å². The first-order chi connectivity index (χ1) is 9.17. The minimum Gasteiger partial charge on any atom is -0.468 e. The predicted molar refractivity (Wildman–Crippen MR) is 77.5 cm³/mol. The summed E-state index contributed by atoms with van der Waals surface area (Å²) in [4.78, 5) is 12.3. The van der Waals surface area contributed by atoms with Crippen LogP contribution in [0.25, 0.3) is 0 Å². The van der Waals surface area contributed by atoms with Crippen molar-refractivity contribution in [2.24, 2.45) is 0 Å². The van der Waals surface area contributed by atoms with Crippen LogP contribution in [-0.2, 0) is 20.8 Å². The van der Waals surface area contributed by atoms with E-state index in [1.807, 2.05) is 0 Å². The number of methoxy groups -OCH3 is 2. The molecule has 0 aliphatic rings. The van der Waals surface area contributed by atoms with E-state index in [2.05, 4.69) is 35.2 Å². The molecule has 1 rings (SSSR count). The van der Waals surface area contributed by atoms with Crippen LogP contribution in [-0.4, -0.2) is 39.1 Å². The Kier molecular flexibility index (Phi) is 7.55. The van der Waals surface area contributed by atoms with Gasteiger partial charge in [0, 0.05) is 25.1 Å².